The molecule has 17 heavy (non-hydrogen) atoms. The van der Waals surface area contributed by atoms with Crippen molar-refractivity contribution in [3.63, 3.8) is 0 Å². The second kappa shape index (κ2) is 4.64. The Morgan fingerprint density at radius 3 is 2.76 bits per heavy atom. The Hall–Kier alpha value is -1.11. The molecule has 0 saturated carbocycles. The van der Waals surface area contributed by atoms with Crippen molar-refractivity contribution in [2.45, 2.75) is 11.1 Å². The number of rotatable bonds is 3. The van der Waals surface area contributed by atoms with Crippen LogP contribution in [0.3, 0.4) is 0 Å². The van der Waals surface area contributed by atoms with E-state index in [0.717, 1.165) is 16.9 Å². The number of nitrogens with one attached hydrogen (secondary N) is 1. The minimum absolute atomic E-state index is 0.144. The van der Waals surface area contributed by atoms with Gasteiger partial charge in [-0.25, -0.2) is 13.4 Å². The van der Waals surface area contributed by atoms with Gasteiger partial charge in [0.2, 0.25) is 0 Å². The summed E-state index contributed by atoms with van der Waals surface area (Å²) in [6.45, 7) is 1.76. The summed E-state index contributed by atoms with van der Waals surface area (Å²) in [4.78, 5) is 3.85. The van der Waals surface area contributed by atoms with Crippen molar-refractivity contribution in [3.05, 3.63) is 40.5 Å². The summed E-state index contributed by atoms with van der Waals surface area (Å²) >= 11 is 7.01. The van der Waals surface area contributed by atoms with Crippen molar-refractivity contribution in [2.75, 3.05) is 4.72 Å². The molecule has 0 aliphatic carbocycles. The summed E-state index contributed by atoms with van der Waals surface area (Å²) in [6.07, 6.45) is 1.53. The summed E-state index contributed by atoms with van der Waals surface area (Å²) in [5.74, 6) is 0. The first kappa shape index (κ1) is 12.3. The van der Waals surface area contributed by atoms with Gasteiger partial charge < -0.3 is 0 Å². The first-order chi connectivity index (χ1) is 8.00. The van der Waals surface area contributed by atoms with Crippen LogP contribution < -0.4 is 4.72 Å². The number of pyridine rings is 1. The van der Waals surface area contributed by atoms with Crippen LogP contribution in [-0.2, 0) is 10.0 Å². The predicted molar refractivity (Wildman–Crippen MR) is 69.1 cm³/mol. The third-order valence-electron chi connectivity index (χ3n) is 2.11. The van der Waals surface area contributed by atoms with Crippen molar-refractivity contribution in [2.24, 2.45) is 0 Å². The van der Waals surface area contributed by atoms with Crippen LogP contribution in [0.2, 0.25) is 5.15 Å². The lowest BCUT2D eigenvalue weighted by Gasteiger charge is -2.09. The molecule has 2 heterocycles. The van der Waals surface area contributed by atoms with Gasteiger partial charge in [0.15, 0.2) is 5.15 Å². The first-order valence-electron chi connectivity index (χ1n) is 4.68. The van der Waals surface area contributed by atoms with E-state index in [1.807, 2.05) is 0 Å². The average molecular weight is 289 g/mol. The van der Waals surface area contributed by atoms with Crippen molar-refractivity contribution in [1.82, 2.24) is 4.98 Å². The Balaban J connectivity index is 2.40. The molecule has 0 unspecified atom stereocenters. The summed E-state index contributed by atoms with van der Waals surface area (Å²) in [5, 5.41) is 1.84. The molecule has 7 heteroatoms. The molecule has 2 aromatic rings. The molecule has 0 aliphatic rings. The Kier molecular flexibility index (Phi) is 3.37. The van der Waals surface area contributed by atoms with Crippen LogP contribution in [0, 0.1) is 6.92 Å². The molecule has 4 nitrogen and oxygen atoms in total. The fourth-order valence-electron chi connectivity index (χ4n) is 1.25. The smallest absolute Gasteiger partial charge is 0.271 e. The zero-order valence-electron chi connectivity index (χ0n) is 8.84. The predicted octanol–water partition coefficient (Wildman–Crippen LogP) is 2.91. The van der Waals surface area contributed by atoms with Crippen LogP contribution in [0.5, 0.6) is 0 Å². The number of thiophene rings is 1. The fraction of sp³-hybridized carbons (Fsp3) is 0.100. The van der Waals surface area contributed by atoms with Crippen LogP contribution in [0.4, 0.5) is 5.69 Å². The van der Waals surface area contributed by atoms with E-state index in [0.29, 0.717) is 5.69 Å². The lowest BCUT2D eigenvalue weighted by molar-refractivity contribution is 0.603. The molecule has 2 rings (SSSR count). The van der Waals surface area contributed by atoms with Gasteiger partial charge in [0.1, 0.15) is 4.21 Å². The number of sulfonamides is 1. The minimum Gasteiger partial charge on any atom is -0.276 e. The molecule has 0 amide bonds. The Labute approximate surface area is 108 Å². The molecule has 0 spiro atoms. The highest BCUT2D eigenvalue weighted by Crippen LogP contribution is 2.27. The van der Waals surface area contributed by atoms with Crippen molar-refractivity contribution in [3.8, 4) is 0 Å². The maximum absolute atomic E-state index is 12.0. The fourth-order valence-corrected chi connectivity index (χ4v) is 3.69. The second-order valence-corrected chi connectivity index (χ2v) is 6.55. The van der Waals surface area contributed by atoms with Crippen molar-refractivity contribution in [1.29, 1.82) is 0 Å². The average Bonchev–Trinajstić information content (AvgIpc) is 2.77. The molecule has 1 N–H and O–H groups in total. The molecule has 0 radical (unpaired) electrons. The van der Waals surface area contributed by atoms with E-state index in [2.05, 4.69) is 9.71 Å². The van der Waals surface area contributed by atoms with E-state index in [1.165, 1.54) is 12.3 Å². The quantitative estimate of drug-likeness (QED) is 0.884. The summed E-state index contributed by atoms with van der Waals surface area (Å²) in [5.41, 5.74) is 1.05. The molecular weight excluding hydrogens is 280 g/mol. The molecular formula is C10H9ClN2O2S2. The van der Waals surface area contributed by atoms with E-state index >= 15 is 0 Å². The van der Waals surface area contributed by atoms with E-state index < -0.39 is 10.0 Å². The normalized spacial score (nSPS) is 11.4. The van der Waals surface area contributed by atoms with E-state index in [-0.39, 0.29) is 9.36 Å². The number of aromatic nitrogens is 1. The Bertz CT molecular complexity index is 604. The van der Waals surface area contributed by atoms with Gasteiger partial charge in [0.25, 0.3) is 10.0 Å². The van der Waals surface area contributed by atoms with Crippen LogP contribution in [0.1, 0.15) is 5.56 Å². The third-order valence-corrected chi connectivity index (χ3v) is 5.14. The van der Waals surface area contributed by atoms with Gasteiger partial charge >= 0.3 is 0 Å². The zero-order valence-corrected chi connectivity index (χ0v) is 11.2. The highest BCUT2D eigenvalue weighted by molar-refractivity contribution is 7.94. The highest BCUT2D eigenvalue weighted by Gasteiger charge is 2.18. The number of nitrogens with zero attached hydrogens (tertiary/aromatic N) is 1. The van der Waals surface area contributed by atoms with Crippen LogP contribution in [-0.4, -0.2) is 13.4 Å². The first-order valence-corrected chi connectivity index (χ1v) is 7.42. The van der Waals surface area contributed by atoms with E-state index in [4.69, 9.17) is 11.6 Å². The molecule has 2 aromatic heterocycles. The second-order valence-electron chi connectivity index (χ2n) is 3.33. The third kappa shape index (κ3) is 2.59. The van der Waals surface area contributed by atoms with Crippen LogP contribution in [0.15, 0.2) is 34.0 Å². The van der Waals surface area contributed by atoms with Crippen LogP contribution >= 0.6 is 22.9 Å². The number of anilines is 1. The topological polar surface area (TPSA) is 59.1 Å². The Morgan fingerprint density at radius 1 is 1.41 bits per heavy atom. The maximum Gasteiger partial charge on any atom is 0.271 e. The maximum atomic E-state index is 12.0. The molecule has 0 fully saturated rings. The van der Waals surface area contributed by atoms with Gasteiger partial charge in [-0.2, -0.15) is 0 Å². The summed E-state index contributed by atoms with van der Waals surface area (Å²) in [7, 11) is -3.57. The van der Waals surface area contributed by atoms with Crippen molar-refractivity contribution < 1.29 is 8.42 Å². The molecule has 0 bridgehead atoms. The number of hydrogen-bond acceptors (Lipinski definition) is 4. The number of hydrogen-bond donors (Lipinski definition) is 1. The van der Waals surface area contributed by atoms with E-state index in [9.17, 15) is 8.42 Å². The molecule has 0 saturated heterocycles. The SMILES string of the molecule is Cc1ccnc(Cl)c1NS(=O)(=O)c1cccs1. The summed E-state index contributed by atoms with van der Waals surface area (Å²) in [6, 6.07) is 4.90. The largest absolute Gasteiger partial charge is 0.276 e. The van der Waals surface area contributed by atoms with Gasteiger partial charge in [-0.15, -0.1) is 11.3 Å². The lowest BCUT2D eigenvalue weighted by atomic mass is 10.3. The van der Waals surface area contributed by atoms with Gasteiger partial charge in [0, 0.05) is 6.20 Å². The van der Waals surface area contributed by atoms with Crippen LogP contribution in [0.25, 0.3) is 0 Å². The van der Waals surface area contributed by atoms with Gasteiger partial charge in [-0.3, -0.25) is 4.72 Å². The monoisotopic (exact) mass is 288 g/mol. The zero-order chi connectivity index (χ0) is 12.5. The molecule has 90 valence electrons. The standard InChI is InChI=1S/C10H9ClN2O2S2/c1-7-4-5-12-10(11)9(7)13-17(14,15)8-3-2-6-16-8/h2-6,13H,1H3. The number of halogens is 1. The Morgan fingerprint density at radius 2 is 2.18 bits per heavy atom. The van der Waals surface area contributed by atoms with Gasteiger partial charge in [0.05, 0.1) is 5.69 Å². The molecule has 0 aliphatic heterocycles. The van der Waals surface area contributed by atoms with Crippen molar-refractivity contribution >= 4 is 38.6 Å². The summed E-state index contributed by atoms with van der Waals surface area (Å²) < 4.78 is 26.7. The number of aryl methyl sites for hydroxylation is 1. The highest BCUT2D eigenvalue weighted by atomic mass is 35.5. The molecule has 0 aromatic carbocycles. The lowest BCUT2D eigenvalue weighted by Crippen LogP contribution is -2.13. The van der Waals surface area contributed by atoms with Gasteiger partial charge in [-0.05, 0) is 30.0 Å². The minimum atomic E-state index is -3.57. The van der Waals surface area contributed by atoms with E-state index in [1.54, 1.807) is 24.4 Å². The van der Waals surface area contributed by atoms with Gasteiger partial charge in [-0.1, -0.05) is 17.7 Å². The molecule has 0 atom stereocenters.